The van der Waals surface area contributed by atoms with Crippen LogP contribution in [0.4, 0.5) is 5.69 Å². The van der Waals surface area contributed by atoms with Gasteiger partial charge in [0.05, 0.1) is 7.11 Å². The summed E-state index contributed by atoms with van der Waals surface area (Å²) in [4.78, 5) is 2.31. The Kier molecular flexibility index (Phi) is 3.59. The second kappa shape index (κ2) is 4.96. The highest BCUT2D eigenvalue weighted by molar-refractivity contribution is 6.17. The Hall–Kier alpha value is -0.890. The lowest BCUT2D eigenvalue weighted by Gasteiger charge is -2.33. The van der Waals surface area contributed by atoms with Crippen LogP contribution in [-0.4, -0.2) is 26.6 Å². The molecule has 1 atom stereocenters. The number of rotatable bonds is 3. The fourth-order valence-electron chi connectivity index (χ4n) is 2.43. The van der Waals surface area contributed by atoms with Gasteiger partial charge in [-0.05, 0) is 42.5 Å². The SMILES string of the molecule is COc1ccc2c(c1)CC(CCCl)CN2C. The Balaban J connectivity index is 2.24. The number of halogens is 1. The first-order valence-corrected chi connectivity index (χ1v) is 6.22. The molecule has 0 amide bonds. The predicted molar refractivity (Wildman–Crippen MR) is 68.8 cm³/mol. The highest BCUT2D eigenvalue weighted by atomic mass is 35.5. The van der Waals surface area contributed by atoms with Crippen LogP contribution in [0, 0.1) is 5.92 Å². The Bertz CT molecular complexity index is 367. The molecule has 1 unspecified atom stereocenters. The summed E-state index contributed by atoms with van der Waals surface area (Å²) in [5, 5.41) is 0. The van der Waals surface area contributed by atoms with E-state index >= 15 is 0 Å². The van der Waals surface area contributed by atoms with Gasteiger partial charge in [-0.3, -0.25) is 0 Å². The van der Waals surface area contributed by atoms with E-state index < -0.39 is 0 Å². The molecule has 0 saturated carbocycles. The van der Waals surface area contributed by atoms with Gasteiger partial charge in [0.1, 0.15) is 5.75 Å². The number of anilines is 1. The first-order chi connectivity index (χ1) is 7.74. The minimum absolute atomic E-state index is 0.669. The van der Waals surface area contributed by atoms with Crippen LogP contribution >= 0.6 is 11.6 Å². The summed E-state index contributed by atoms with van der Waals surface area (Å²) in [5.74, 6) is 2.36. The summed E-state index contributed by atoms with van der Waals surface area (Å²) in [6, 6.07) is 6.31. The Morgan fingerprint density at radius 3 is 3.00 bits per heavy atom. The number of hydrogen-bond acceptors (Lipinski definition) is 2. The first kappa shape index (κ1) is 11.6. The van der Waals surface area contributed by atoms with Gasteiger partial charge in [0.15, 0.2) is 0 Å². The zero-order chi connectivity index (χ0) is 11.5. The maximum absolute atomic E-state index is 5.83. The molecule has 2 rings (SSSR count). The molecule has 88 valence electrons. The fourth-order valence-corrected chi connectivity index (χ4v) is 2.74. The fraction of sp³-hybridized carbons (Fsp3) is 0.538. The second-order valence-electron chi connectivity index (χ2n) is 4.42. The molecule has 1 aliphatic heterocycles. The molecule has 0 spiro atoms. The molecule has 1 heterocycles. The van der Waals surface area contributed by atoms with Crippen LogP contribution < -0.4 is 9.64 Å². The molecule has 0 radical (unpaired) electrons. The Morgan fingerprint density at radius 1 is 1.50 bits per heavy atom. The van der Waals surface area contributed by atoms with Gasteiger partial charge in [0.25, 0.3) is 0 Å². The maximum Gasteiger partial charge on any atom is 0.119 e. The van der Waals surface area contributed by atoms with E-state index in [2.05, 4.69) is 24.1 Å². The number of fused-ring (bicyclic) bond motifs is 1. The molecule has 2 nitrogen and oxygen atoms in total. The Labute approximate surface area is 102 Å². The summed E-state index contributed by atoms with van der Waals surface area (Å²) in [5.41, 5.74) is 2.70. The van der Waals surface area contributed by atoms with Gasteiger partial charge in [-0.25, -0.2) is 0 Å². The third kappa shape index (κ3) is 2.27. The summed E-state index contributed by atoms with van der Waals surface area (Å²) in [7, 11) is 3.86. The average Bonchev–Trinajstić information content (AvgIpc) is 2.28. The monoisotopic (exact) mass is 239 g/mol. The van der Waals surface area contributed by atoms with Crippen LogP contribution in [0.1, 0.15) is 12.0 Å². The summed E-state index contributed by atoms with van der Waals surface area (Å²) in [6.07, 6.45) is 2.20. The topological polar surface area (TPSA) is 12.5 Å². The van der Waals surface area contributed by atoms with Crippen molar-refractivity contribution in [3.8, 4) is 5.75 Å². The predicted octanol–water partition coefficient (Wildman–Crippen LogP) is 2.93. The quantitative estimate of drug-likeness (QED) is 0.752. The third-order valence-corrected chi connectivity index (χ3v) is 3.47. The molecular formula is C13H18ClNO. The summed E-state index contributed by atoms with van der Waals surface area (Å²) in [6.45, 7) is 1.10. The molecule has 0 bridgehead atoms. The van der Waals surface area contributed by atoms with E-state index in [1.165, 1.54) is 11.3 Å². The van der Waals surface area contributed by atoms with Crippen LogP contribution in [0.25, 0.3) is 0 Å². The van der Waals surface area contributed by atoms with Crippen LogP contribution in [0.2, 0.25) is 0 Å². The normalized spacial score (nSPS) is 19.4. The molecule has 0 N–H and O–H groups in total. The van der Waals surface area contributed by atoms with Crippen LogP contribution in [0.5, 0.6) is 5.75 Å². The van der Waals surface area contributed by atoms with Gasteiger partial charge in [0.2, 0.25) is 0 Å². The summed E-state index contributed by atoms with van der Waals surface area (Å²) >= 11 is 5.83. The van der Waals surface area contributed by atoms with Crippen molar-refractivity contribution < 1.29 is 4.74 Å². The molecule has 0 saturated heterocycles. The summed E-state index contributed by atoms with van der Waals surface area (Å²) < 4.78 is 5.27. The van der Waals surface area contributed by atoms with E-state index in [1.54, 1.807) is 7.11 Å². The van der Waals surface area contributed by atoms with Gasteiger partial charge in [-0.1, -0.05) is 0 Å². The highest BCUT2D eigenvalue weighted by Gasteiger charge is 2.21. The number of alkyl halides is 1. The van der Waals surface area contributed by atoms with Crippen molar-refractivity contribution in [1.82, 2.24) is 0 Å². The average molecular weight is 240 g/mol. The first-order valence-electron chi connectivity index (χ1n) is 5.68. The molecule has 16 heavy (non-hydrogen) atoms. The van der Waals surface area contributed by atoms with E-state index in [0.717, 1.165) is 31.0 Å². The van der Waals surface area contributed by atoms with Crippen molar-refractivity contribution in [2.45, 2.75) is 12.8 Å². The van der Waals surface area contributed by atoms with Crippen LogP contribution in [0.15, 0.2) is 18.2 Å². The van der Waals surface area contributed by atoms with Crippen LogP contribution in [-0.2, 0) is 6.42 Å². The smallest absolute Gasteiger partial charge is 0.119 e. The second-order valence-corrected chi connectivity index (χ2v) is 4.80. The van der Waals surface area contributed by atoms with Crippen LogP contribution in [0.3, 0.4) is 0 Å². The lowest BCUT2D eigenvalue weighted by Crippen LogP contribution is -2.32. The molecule has 1 aromatic carbocycles. The van der Waals surface area contributed by atoms with E-state index in [0.29, 0.717) is 5.92 Å². The number of methoxy groups -OCH3 is 1. The zero-order valence-electron chi connectivity index (χ0n) is 9.87. The minimum atomic E-state index is 0.669. The number of ether oxygens (including phenoxy) is 1. The number of nitrogens with zero attached hydrogens (tertiary/aromatic N) is 1. The lowest BCUT2D eigenvalue weighted by molar-refractivity contribution is 0.412. The zero-order valence-corrected chi connectivity index (χ0v) is 10.6. The molecule has 0 aromatic heterocycles. The number of hydrogen-bond donors (Lipinski definition) is 0. The van der Waals surface area contributed by atoms with Gasteiger partial charge < -0.3 is 9.64 Å². The minimum Gasteiger partial charge on any atom is -0.497 e. The van der Waals surface area contributed by atoms with Crippen molar-refractivity contribution in [2.24, 2.45) is 5.92 Å². The maximum atomic E-state index is 5.83. The molecule has 1 aliphatic rings. The molecule has 0 aliphatic carbocycles. The lowest BCUT2D eigenvalue weighted by atomic mass is 9.91. The molecular weight excluding hydrogens is 222 g/mol. The standard InChI is InChI=1S/C13H18ClNO/c1-15-9-10(5-6-14)7-11-8-12(16-2)3-4-13(11)15/h3-4,8,10H,5-7,9H2,1-2H3. The molecule has 0 fully saturated rings. The van der Waals surface area contributed by atoms with E-state index in [-0.39, 0.29) is 0 Å². The van der Waals surface area contributed by atoms with Crippen molar-refractivity contribution in [1.29, 1.82) is 0 Å². The van der Waals surface area contributed by atoms with Crippen molar-refractivity contribution in [3.63, 3.8) is 0 Å². The van der Waals surface area contributed by atoms with Gasteiger partial charge >= 0.3 is 0 Å². The number of benzene rings is 1. The molecule has 3 heteroatoms. The van der Waals surface area contributed by atoms with Crippen molar-refractivity contribution in [3.05, 3.63) is 23.8 Å². The Morgan fingerprint density at radius 2 is 2.31 bits per heavy atom. The molecule has 1 aromatic rings. The largest absolute Gasteiger partial charge is 0.497 e. The van der Waals surface area contributed by atoms with E-state index in [4.69, 9.17) is 16.3 Å². The third-order valence-electron chi connectivity index (χ3n) is 3.26. The highest BCUT2D eigenvalue weighted by Crippen LogP contribution is 2.32. The van der Waals surface area contributed by atoms with Crippen molar-refractivity contribution in [2.75, 3.05) is 31.5 Å². The van der Waals surface area contributed by atoms with E-state index in [1.807, 2.05) is 6.07 Å². The van der Waals surface area contributed by atoms with Gasteiger partial charge in [-0.15, -0.1) is 11.6 Å². The van der Waals surface area contributed by atoms with Crippen molar-refractivity contribution >= 4 is 17.3 Å². The van der Waals surface area contributed by atoms with Gasteiger partial charge in [0, 0.05) is 25.2 Å². The van der Waals surface area contributed by atoms with E-state index in [9.17, 15) is 0 Å². The van der Waals surface area contributed by atoms with Gasteiger partial charge in [-0.2, -0.15) is 0 Å².